The van der Waals surface area contributed by atoms with Crippen LogP contribution in [0.15, 0.2) is 30.3 Å². The van der Waals surface area contributed by atoms with E-state index in [1.54, 1.807) is 0 Å². The van der Waals surface area contributed by atoms with Gasteiger partial charge in [0.2, 0.25) is 0 Å². The molecule has 0 saturated heterocycles. The van der Waals surface area contributed by atoms with E-state index in [-0.39, 0.29) is 0 Å². The van der Waals surface area contributed by atoms with Crippen LogP contribution in [0, 0.1) is 5.92 Å². The Balaban J connectivity index is 1.84. The highest BCUT2D eigenvalue weighted by Gasteiger charge is 2.31. The van der Waals surface area contributed by atoms with Crippen LogP contribution in [0.5, 0.6) is 0 Å². The van der Waals surface area contributed by atoms with Crippen LogP contribution in [-0.4, -0.2) is 31.1 Å². The van der Waals surface area contributed by atoms with Crippen molar-refractivity contribution in [3.63, 3.8) is 0 Å². The molecule has 2 nitrogen and oxygen atoms in total. The predicted octanol–water partition coefficient (Wildman–Crippen LogP) is 3.07. The lowest BCUT2D eigenvalue weighted by Crippen LogP contribution is -2.35. The fourth-order valence-corrected chi connectivity index (χ4v) is 2.30. The van der Waals surface area contributed by atoms with E-state index in [0.717, 1.165) is 19.0 Å². The minimum atomic E-state index is 0.562. The number of hydrogen-bond acceptors (Lipinski definition) is 2. The highest BCUT2D eigenvalue weighted by Crippen LogP contribution is 2.40. The summed E-state index contributed by atoms with van der Waals surface area (Å²) in [5.41, 5.74) is 1.45. The van der Waals surface area contributed by atoms with Gasteiger partial charge in [0.05, 0.1) is 0 Å². The van der Waals surface area contributed by atoms with Crippen molar-refractivity contribution in [3.05, 3.63) is 35.9 Å². The summed E-state index contributed by atoms with van der Waals surface area (Å²) in [5.74, 6) is 0.858. The molecule has 1 atom stereocenters. The first-order valence-electron chi connectivity index (χ1n) is 7.17. The number of likely N-dealkylation sites (N-methyl/N-ethyl adjacent to an activating group) is 1. The Morgan fingerprint density at radius 3 is 2.44 bits per heavy atom. The van der Waals surface area contributed by atoms with E-state index < -0.39 is 0 Å². The number of rotatable bonds is 7. The van der Waals surface area contributed by atoms with Crippen molar-refractivity contribution in [1.29, 1.82) is 0 Å². The van der Waals surface area contributed by atoms with E-state index in [2.05, 4.69) is 61.4 Å². The smallest absolute Gasteiger partial charge is 0.0349 e. The van der Waals surface area contributed by atoms with Crippen LogP contribution in [0.3, 0.4) is 0 Å². The maximum atomic E-state index is 3.74. The Morgan fingerprint density at radius 1 is 1.22 bits per heavy atom. The Morgan fingerprint density at radius 2 is 1.89 bits per heavy atom. The summed E-state index contributed by atoms with van der Waals surface area (Å²) < 4.78 is 0. The van der Waals surface area contributed by atoms with Gasteiger partial charge in [0, 0.05) is 25.2 Å². The summed E-state index contributed by atoms with van der Waals surface area (Å²) >= 11 is 0. The topological polar surface area (TPSA) is 15.3 Å². The molecule has 1 saturated carbocycles. The van der Waals surface area contributed by atoms with E-state index >= 15 is 0 Å². The van der Waals surface area contributed by atoms with Crippen LogP contribution < -0.4 is 5.32 Å². The van der Waals surface area contributed by atoms with Crippen molar-refractivity contribution in [2.75, 3.05) is 20.1 Å². The first-order valence-corrected chi connectivity index (χ1v) is 7.17. The molecule has 0 amide bonds. The zero-order valence-electron chi connectivity index (χ0n) is 11.9. The Labute approximate surface area is 111 Å². The number of nitrogens with zero attached hydrogens (tertiary/aromatic N) is 1. The Kier molecular flexibility index (Phi) is 4.79. The quantitative estimate of drug-likeness (QED) is 0.795. The highest BCUT2D eigenvalue weighted by atomic mass is 15.1. The van der Waals surface area contributed by atoms with Crippen LogP contribution in [0.2, 0.25) is 0 Å². The maximum Gasteiger partial charge on any atom is 0.0349 e. The zero-order chi connectivity index (χ0) is 13.0. The molecule has 1 aliphatic rings. The lowest BCUT2D eigenvalue weighted by atomic mass is 10.0. The second-order valence-corrected chi connectivity index (χ2v) is 5.75. The lowest BCUT2D eigenvalue weighted by Gasteiger charge is -2.24. The van der Waals surface area contributed by atoms with Gasteiger partial charge < -0.3 is 10.2 Å². The summed E-state index contributed by atoms with van der Waals surface area (Å²) in [7, 11) is 2.20. The molecule has 0 spiro atoms. The standard InChI is InChI=1S/C16H26N2/c1-13(2)18(3)12-11-17-16(15-9-10-15)14-7-5-4-6-8-14/h4-8,13,15-17H,9-12H2,1-3H3. The minimum absolute atomic E-state index is 0.562. The molecule has 0 aliphatic heterocycles. The highest BCUT2D eigenvalue weighted by molar-refractivity contribution is 5.21. The normalized spacial score (nSPS) is 17.4. The van der Waals surface area contributed by atoms with Gasteiger partial charge in [-0.3, -0.25) is 0 Å². The fraction of sp³-hybridized carbons (Fsp3) is 0.625. The first-order chi connectivity index (χ1) is 8.68. The van der Waals surface area contributed by atoms with Crippen molar-refractivity contribution < 1.29 is 0 Å². The lowest BCUT2D eigenvalue weighted by molar-refractivity contribution is 0.266. The second-order valence-electron chi connectivity index (χ2n) is 5.75. The molecule has 0 aromatic heterocycles. The van der Waals surface area contributed by atoms with Crippen LogP contribution in [0.4, 0.5) is 0 Å². The van der Waals surface area contributed by atoms with Crippen molar-refractivity contribution in [2.45, 2.75) is 38.8 Å². The third-order valence-corrected chi connectivity index (χ3v) is 3.96. The SMILES string of the molecule is CC(C)N(C)CCNC(c1ccccc1)C1CC1. The van der Waals surface area contributed by atoms with Crippen LogP contribution in [-0.2, 0) is 0 Å². The number of hydrogen-bond donors (Lipinski definition) is 1. The molecule has 0 bridgehead atoms. The average molecular weight is 246 g/mol. The van der Waals surface area contributed by atoms with Gasteiger partial charge in [-0.1, -0.05) is 30.3 Å². The molecule has 1 aromatic rings. The zero-order valence-corrected chi connectivity index (χ0v) is 11.9. The monoisotopic (exact) mass is 246 g/mol. The molecule has 0 heterocycles. The summed E-state index contributed by atoms with van der Waals surface area (Å²) in [6.45, 7) is 6.68. The largest absolute Gasteiger partial charge is 0.308 e. The van der Waals surface area contributed by atoms with E-state index in [0.29, 0.717) is 12.1 Å². The number of benzene rings is 1. The molecular weight excluding hydrogens is 220 g/mol. The molecule has 2 rings (SSSR count). The van der Waals surface area contributed by atoms with Crippen molar-refractivity contribution in [3.8, 4) is 0 Å². The molecule has 18 heavy (non-hydrogen) atoms. The van der Waals surface area contributed by atoms with Gasteiger partial charge in [0.15, 0.2) is 0 Å². The third-order valence-electron chi connectivity index (χ3n) is 3.96. The van der Waals surface area contributed by atoms with E-state index in [1.165, 1.54) is 18.4 Å². The molecule has 1 N–H and O–H groups in total. The molecule has 2 heteroatoms. The minimum Gasteiger partial charge on any atom is -0.308 e. The van der Waals surface area contributed by atoms with Gasteiger partial charge in [-0.25, -0.2) is 0 Å². The summed E-state index contributed by atoms with van der Waals surface area (Å²) in [4.78, 5) is 2.39. The van der Waals surface area contributed by atoms with E-state index in [9.17, 15) is 0 Å². The number of nitrogens with one attached hydrogen (secondary N) is 1. The van der Waals surface area contributed by atoms with Crippen LogP contribution >= 0.6 is 0 Å². The van der Waals surface area contributed by atoms with Gasteiger partial charge in [-0.2, -0.15) is 0 Å². The van der Waals surface area contributed by atoms with E-state index in [4.69, 9.17) is 0 Å². The molecule has 0 radical (unpaired) electrons. The van der Waals surface area contributed by atoms with E-state index in [1.807, 2.05) is 0 Å². The molecular formula is C16H26N2. The van der Waals surface area contributed by atoms with Gasteiger partial charge in [-0.15, -0.1) is 0 Å². The van der Waals surface area contributed by atoms with Gasteiger partial charge >= 0.3 is 0 Å². The summed E-state index contributed by atoms with van der Waals surface area (Å²) in [5, 5.41) is 3.74. The predicted molar refractivity (Wildman–Crippen MR) is 77.7 cm³/mol. The molecule has 1 unspecified atom stereocenters. The summed E-state index contributed by atoms with van der Waals surface area (Å²) in [6, 6.07) is 12.1. The third kappa shape index (κ3) is 3.82. The molecule has 1 aromatic carbocycles. The maximum absolute atomic E-state index is 3.74. The molecule has 100 valence electrons. The molecule has 1 fully saturated rings. The van der Waals surface area contributed by atoms with Gasteiger partial charge in [-0.05, 0) is 45.2 Å². The van der Waals surface area contributed by atoms with Crippen LogP contribution in [0.1, 0.15) is 38.3 Å². The van der Waals surface area contributed by atoms with Crippen molar-refractivity contribution in [2.24, 2.45) is 5.92 Å². The Hall–Kier alpha value is -0.860. The second kappa shape index (κ2) is 6.35. The van der Waals surface area contributed by atoms with Crippen LogP contribution in [0.25, 0.3) is 0 Å². The fourth-order valence-electron chi connectivity index (χ4n) is 2.30. The van der Waals surface area contributed by atoms with Gasteiger partial charge in [0.1, 0.15) is 0 Å². The molecule has 1 aliphatic carbocycles. The van der Waals surface area contributed by atoms with Crippen molar-refractivity contribution in [1.82, 2.24) is 10.2 Å². The first kappa shape index (κ1) is 13.6. The van der Waals surface area contributed by atoms with Crippen molar-refractivity contribution >= 4 is 0 Å². The average Bonchev–Trinajstić information content (AvgIpc) is 3.19. The summed E-state index contributed by atoms with van der Waals surface area (Å²) in [6.07, 6.45) is 2.76. The Bertz CT molecular complexity index is 343. The van der Waals surface area contributed by atoms with Gasteiger partial charge in [0.25, 0.3) is 0 Å².